The number of allylic oxidation sites excluding steroid dienone is 1. The van der Waals surface area contributed by atoms with E-state index >= 15 is 0 Å². The summed E-state index contributed by atoms with van der Waals surface area (Å²) in [5, 5.41) is 19.2. The summed E-state index contributed by atoms with van der Waals surface area (Å²) in [5.74, 6) is 0.372. The Morgan fingerprint density at radius 3 is 1.95 bits per heavy atom. The number of phenolic OH excluding ortho intramolecular Hbond substituents is 2. The maximum atomic E-state index is 9.61. The van der Waals surface area contributed by atoms with E-state index < -0.39 is 0 Å². The molecule has 21 heavy (non-hydrogen) atoms. The molecule has 0 aliphatic carbocycles. The van der Waals surface area contributed by atoms with Gasteiger partial charge in [-0.05, 0) is 31.2 Å². The van der Waals surface area contributed by atoms with Crippen molar-refractivity contribution in [3.63, 3.8) is 0 Å². The van der Waals surface area contributed by atoms with Crippen LogP contribution in [0, 0.1) is 0 Å². The van der Waals surface area contributed by atoms with Gasteiger partial charge in [0.1, 0.15) is 11.5 Å². The van der Waals surface area contributed by atoms with Crippen LogP contribution in [0.1, 0.15) is 18.1 Å². The number of phenols is 2. The number of hydrogen-bond donors (Lipinski definition) is 2. The molecular weight excluding hydrogens is 264 g/mol. The lowest BCUT2D eigenvalue weighted by Crippen LogP contribution is -1.82. The number of aliphatic imine (C=N–C) groups is 2. The fraction of sp³-hybridized carbons (Fsp3) is 0.0588. The molecule has 0 atom stereocenters. The predicted octanol–water partition coefficient (Wildman–Crippen LogP) is 3.50. The van der Waals surface area contributed by atoms with Gasteiger partial charge in [0.2, 0.25) is 0 Å². The molecule has 0 spiro atoms. The number of benzene rings is 2. The summed E-state index contributed by atoms with van der Waals surface area (Å²) in [5.41, 5.74) is 1.98. The quantitative estimate of drug-likeness (QED) is 0.842. The maximum absolute atomic E-state index is 9.61. The first-order valence-corrected chi connectivity index (χ1v) is 6.47. The molecule has 0 saturated carbocycles. The van der Waals surface area contributed by atoms with E-state index in [2.05, 4.69) is 9.98 Å². The largest absolute Gasteiger partial charge is 0.507 e. The molecule has 0 fully saturated rings. The molecule has 4 heteroatoms. The number of para-hydroxylation sites is 2. The van der Waals surface area contributed by atoms with Gasteiger partial charge in [-0.1, -0.05) is 24.3 Å². The van der Waals surface area contributed by atoms with Gasteiger partial charge in [0.25, 0.3) is 0 Å². The Labute approximate surface area is 123 Å². The fourth-order valence-corrected chi connectivity index (χ4v) is 1.62. The molecule has 2 N–H and O–H groups in total. The Hall–Kier alpha value is -2.88. The van der Waals surface area contributed by atoms with Gasteiger partial charge in [-0.2, -0.15) is 0 Å². The zero-order valence-corrected chi connectivity index (χ0v) is 11.6. The Morgan fingerprint density at radius 1 is 0.857 bits per heavy atom. The van der Waals surface area contributed by atoms with Crippen molar-refractivity contribution in [2.24, 2.45) is 9.98 Å². The molecule has 2 aromatic rings. The zero-order chi connectivity index (χ0) is 15.1. The monoisotopic (exact) mass is 280 g/mol. The predicted molar refractivity (Wildman–Crippen MR) is 85.2 cm³/mol. The van der Waals surface area contributed by atoms with E-state index in [1.165, 1.54) is 0 Å². The number of nitrogens with zero attached hydrogens (tertiary/aromatic N) is 2. The van der Waals surface area contributed by atoms with Crippen LogP contribution in [0.4, 0.5) is 0 Å². The lowest BCUT2D eigenvalue weighted by molar-refractivity contribution is 0.474. The third-order valence-electron chi connectivity index (χ3n) is 2.76. The van der Waals surface area contributed by atoms with Gasteiger partial charge in [0.15, 0.2) is 0 Å². The van der Waals surface area contributed by atoms with E-state index in [1.807, 2.05) is 12.1 Å². The van der Waals surface area contributed by atoms with Crippen LogP contribution in [-0.4, -0.2) is 22.6 Å². The van der Waals surface area contributed by atoms with Crippen LogP contribution in [0.15, 0.2) is 70.4 Å². The second-order valence-electron chi connectivity index (χ2n) is 4.42. The molecule has 0 aliphatic rings. The Bertz CT molecular complexity index is 703. The minimum absolute atomic E-state index is 0.185. The van der Waals surface area contributed by atoms with Crippen LogP contribution in [0.2, 0.25) is 0 Å². The number of aromatic hydroxyl groups is 2. The molecule has 0 aromatic heterocycles. The minimum atomic E-state index is 0.185. The molecular formula is C17H16N2O2. The second-order valence-corrected chi connectivity index (χ2v) is 4.42. The molecule has 0 saturated heterocycles. The van der Waals surface area contributed by atoms with Crippen LogP contribution in [0.25, 0.3) is 0 Å². The van der Waals surface area contributed by atoms with Crippen molar-refractivity contribution in [2.75, 3.05) is 0 Å². The van der Waals surface area contributed by atoms with E-state index in [0.29, 0.717) is 16.8 Å². The number of rotatable bonds is 4. The van der Waals surface area contributed by atoms with E-state index in [1.54, 1.807) is 62.0 Å². The Kier molecular flexibility index (Phi) is 4.88. The van der Waals surface area contributed by atoms with Gasteiger partial charge in [-0.3, -0.25) is 9.98 Å². The smallest absolute Gasteiger partial charge is 0.124 e. The number of hydrogen-bond acceptors (Lipinski definition) is 4. The lowest BCUT2D eigenvalue weighted by atomic mass is 10.2. The summed E-state index contributed by atoms with van der Waals surface area (Å²) in [4.78, 5) is 8.32. The first-order valence-electron chi connectivity index (χ1n) is 6.47. The van der Waals surface area contributed by atoms with E-state index in [9.17, 15) is 10.2 Å². The first kappa shape index (κ1) is 14.5. The van der Waals surface area contributed by atoms with Crippen molar-refractivity contribution < 1.29 is 10.2 Å². The molecule has 4 nitrogen and oxygen atoms in total. The van der Waals surface area contributed by atoms with Crippen molar-refractivity contribution in [3.05, 3.63) is 71.6 Å². The van der Waals surface area contributed by atoms with Gasteiger partial charge >= 0.3 is 0 Å². The topological polar surface area (TPSA) is 65.2 Å². The molecule has 0 aliphatic heterocycles. The van der Waals surface area contributed by atoms with Crippen LogP contribution >= 0.6 is 0 Å². The molecule has 0 radical (unpaired) electrons. The van der Waals surface area contributed by atoms with Gasteiger partial charge in [-0.15, -0.1) is 0 Å². The first-order chi connectivity index (χ1) is 10.2. The van der Waals surface area contributed by atoms with Crippen molar-refractivity contribution in [1.82, 2.24) is 0 Å². The maximum Gasteiger partial charge on any atom is 0.124 e. The van der Waals surface area contributed by atoms with E-state index in [4.69, 9.17) is 0 Å². The van der Waals surface area contributed by atoms with Crippen LogP contribution in [0.5, 0.6) is 11.5 Å². The van der Waals surface area contributed by atoms with Crippen molar-refractivity contribution in [3.8, 4) is 11.5 Å². The Balaban J connectivity index is 2.05. The Morgan fingerprint density at radius 2 is 1.38 bits per heavy atom. The third-order valence-corrected chi connectivity index (χ3v) is 2.76. The molecule has 2 aromatic carbocycles. The van der Waals surface area contributed by atoms with Crippen LogP contribution in [0.3, 0.4) is 0 Å². The second kappa shape index (κ2) is 7.05. The van der Waals surface area contributed by atoms with Crippen molar-refractivity contribution >= 4 is 12.4 Å². The average Bonchev–Trinajstić information content (AvgIpc) is 2.48. The van der Waals surface area contributed by atoms with Crippen LogP contribution < -0.4 is 0 Å². The third kappa shape index (κ3) is 4.31. The van der Waals surface area contributed by atoms with E-state index in [0.717, 1.165) is 0 Å². The van der Waals surface area contributed by atoms with Crippen molar-refractivity contribution in [1.29, 1.82) is 0 Å². The highest BCUT2D eigenvalue weighted by Crippen LogP contribution is 2.14. The van der Waals surface area contributed by atoms with Crippen molar-refractivity contribution in [2.45, 2.75) is 6.92 Å². The molecule has 0 unspecified atom stereocenters. The molecule has 2 rings (SSSR count). The molecule has 0 heterocycles. The highest BCUT2D eigenvalue weighted by atomic mass is 16.3. The summed E-state index contributed by atoms with van der Waals surface area (Å²) in [7, 11) is 0. The van der Waals surface area contributed by atoms with Gasteiger partial charge < -0.3 is 10.2 Å². The van der Waals surface area contributed by atoms with Gasteiger partial charge in [0.05, 0.1) is 5.70 Å². The zero-order valence-electron chi connectivity index (χ0n) is 11.6. The molecule has 106 valence electrons. The lowest BCUT2D eigenvalue weighted by Gasteiger charge is -1.97. The summed E-state index contributed by atoms with van der Waals surface area (Å²) in [6.45, 7) is 1.80. The standard InChI is InChI=1S/C17H16N2O2/c1-13(19-12-15-7-3-5-9-17(15)21)10-18-11-14-6-2-4-8-16(14)20/h2-12,20-21H,1H3. The van der Waals surface area contributed by atoms with Gasteiger partial charge in [-0.25, -0.2) is 0 Å². The molecule has 0 bridgehead atoms. The van der Waals surface area contributed by atoms with Gasteiger partial charge in [0, 0.05) is 29.8 Å². The summed E-state index contributed by atoms with van der Waals surface area (Å²) in [6.07, 6.45) is 4.73. The summed E-state index contributed by atoms with van der Waals surface area (Å²) >= 11 is 0. The molecule has 0 amide bonds. The van der Waals surface area contributed by atoms with Crippen LogP contribution in [-0.2, 0) is 0 Å². The average molecular weight is 280 g/mol. The fourth-order valence-electron chi connectivity index (χ4n) is 1.62. The minimum Gasteiger partial charge on any atom is -0.507 e. The highest BCUT2D eigenvalue weighted by molar-refractivity contribution is 5.84. The summed E-state index contributed by atoms with van der Waals surface area (Å²) < 4.78 is 0. The SMILES string of the molecule is CC(=CN=Cc1ccccc1O)N=Cc1ccccc1O. The highest BCUT2D eigenvalue weighted by Gasteiger charge is 1.95. The summed E-state index contributed by atoms with van der Waals surface area (Å²) in [6, 6.07) is 13.9. The van der Waals surface area contributed by atoms with E-state index in [-0.39, 0.29) is 11.5 Å². The normalized spacial score (nSPS) is 12.3.